The lowest BCUT2D eigenvalue weighted by Gasteiger charge is -2.23. The molecule has 1 aliphatic rings. The van der Waals surface area contributed by atoms with Crippen LogP contribution in [0.15, 0.2) is 11.6 Å². The summed E-state index contributed by atoms with van der Waals surface area (Å²) in [5, 5.41) is 0. The zero-order valence-electron chi connectivity index (χ0n) is 24.7. The van der Waals surface area contributed by atoms with Crippen LogP contribution in [0.3, 0.4) is 0 Å². The average Bonchev–Trinajstić information content (AvgIpc) is 3.37. The number of unbranched alkanes of at least 4 members (excludes halogenated alkanes) is 11. The SMILES string of the molecule is CCCCCCCCCCCCCCC(OC(=O)C1CCCN1C(=O)C#CC(C)CCC=C(C)C)C(N)=O. The zero-order chi connectivity index (χ0) is 28.2. The van der Waals surface area contributed by atoms with Gasteiger partial charge in [0.25, 0.3) is 11.8 Å². The fourth-order valence-electron chi connectivity index (χ4n) is 4.85. The molecule has 0 aliphatic carbocycles. The normalized spacial score (nSPS) is 16.3. The van der Waals surface area contributed by atoms with E-state index in [-0.39, 0.29) is 11.8 Å². The molecule has 1 aliphatic heterocycles. The third kappa shape index (κ3) is 15.2. The van der Waals surface area contributed by atoms with Crippen LogP contribution in [0, 0.1) is 17.8 Å². The van der Waals surface area contributed by atoms with Crippen molar-refractivity contribution >= 4 is 17.8 Å². The highest BCUT2D eigenvalue weighted by Crippen LogP contribution is 2.21. The number of ether oxygens (including phenoxy) is 1. The van der Waals surface area contributed by atoms with E-state index in [4.69, 9.17) is 10.5 Å². The van der Waals surface area contributed by atoms with Crippen LogP contribution in [0.1, 0.15) is 137 Å². The van der Waals surface area contributed by atoms with Crippen LogP contribution in [-0.4, -0.2) is 41.4 Å². The molecule has 1 heterocycles. The summed E-state index contributed by atoms with van der Waals surface area (Å²) in [7, 11) is 0. The molecule has 0 spiro atoms. The average molecular weight is 531 g/mol. The van der Waals surface area contributed by atoms with Crippen molar-refractivity contribution in [3.63, 3.8) is 0 Å². The molecule has 0 aromatic heterocycles. The van der Waals surface area contributed by atoms with Crippen LogP contribution < -0.4 is 5.73 Å². The van der Waals surface area contributed by atoms with Gasteiger partial charge in [-0.3, -0.25) is 9.59 Å². The van der Waals surface area contributed by atoms with Crippen molar-refractivity contribution in [2.24, 2.45) is 11.7 Å². The van der Waals surface area contributed by atoms with Gasteiger partial charge in [-0.05, 0) is 58.3 Å². The molecular weight excluding hydrogens is 476 g/mol. The van der Waals surface area contributed by atoms with Gasteiger partial charge in [0.2, 0.25) is 0 Å². The summed E-state index contributed by atoms with van der Waals surface area (Å²) in [5.41, 5.74) is 6.80. The first-order chi connectivity index (χ1) is 18.3. The molecule has 0 aromatic rings. The van der Waals surface area contributed by atoms with E-state index >= 15 is 0 Å². The molecule has 2 N–H and O–H groups in total. The summed E-state index contributed by atoms with van der Waals surface area (Å²) in [6.45, 7) is 8.85. The van der Waals surface area contributed by atoms with Gasteiger partial charge in [0.15, 0.2) is 6.10 Å². The number of carbonyl (C=O) groups is 3. The van der Waals surface area contributed by atoms with E-state index in [1.165, 1.54) is 68.3 Å². The number of amides is 2. The zero-order valence-corrected chi connectivity index (χ0v) is 24.7. The molecular formula is C32H54N2O4. The van der Waals surface area contributed by atoms with Crippen molar-refractivity contribution in [3.05, 3.63) is 11.6 Å². The highest BCUT2D eigenvalue weighted by molar-refractivity contribution is 5.97. The number of hydrogen-bond acceptors (Lipinski definition) is 4. The molecule has 1 fully saturated rings. The Kier molecular flexibility index (Phi) is 18.3. The molecule has 2 amide bonds. The molecule has 1 rings (SSSR count). The molecule has 0 aromatic carbocycles. The van der Waals surface area contributed by atoms with E-state index in [1.807, 2.05) is 6.92 Å². The Morgan fingerprint density at radius 2 is 1.53 bits per heavy atom. The van der Waals surface area contributed by atoms with Crippen LogP contribution in [-0.2, 0) is 19.1 Å². The Bertz CT molecular complexity index is 791. The van der Waals surface area contributed by atoms with Crippen molar-refractivity contribution in [1.29, 1.82) is 0 Å². The molecule has 0 radical (unpaired) electrons. The second-order valence-electron chi connectivity index (χ2n) is 11.2. The highest BCUT2D eigenvalue weighted by Gasteiger charge is 2.36. The Hall–Kier alpha value is -2.29. The van der Waals surface area contributed by atoms with Gasteiger partial charge in [0.05, 0.1) is 0 Å². The predicted molar refractivity (Wildman–Crippen MR) is 155 cm³/mol. The molecule has 38 heavy (non-hydrogen) atoms. The Morgan fingerprint density at radius 3 is 2.08 bits per heavy atom. The number of esters is 1. The van der Waals surface area contributed by atoms with Gasteiger partial charge in [-0.15, -0.1) is 0 Å². The molecule has 6 heteroatoms. The van der Waals surface area contributed by atoms with E-state index in [0.717, 1.165) is 32.1 Å². The first-order valence-corrected chi connectivity index (χ1v) is 15.2. The van der Waals surface area contributed by atoms with Crippen molar-refractivity contribution < 1.29 is 19.1 Å². The third-order valence-corrected chi connectivity index (χ3v) is 7.26. The van der Waals surface area contributed by atoms with Crippen LogP contribution in [0.4, 0.5) is 0 Å². The minimum Gasteiger partial charge on any atom is -0.451 e. The first kappa shape index (κ1) is 33.7. The largest absolute Gasteiger partial charge is 0.451 e. The Balaban J connectivity index is 2.37. The maximum absolute atomic E-state index is 12.9. The van der Waals surface area contributed by atoms with Gasteiger partial charge in [-0.1, -0.05) is 102 Å². The first-order valence-electron chi connectivity index (χ1n) is 15.2. The minimum absolute atomic E-state index is 0.0948. The number of carbonyl (C=O) groups excluding carboxylic acids is 3. The fourth-order valence-corrected chi connectivity index (χ4v) is 4.85. The maximum atomic E-state index is 12.9. The molecule has 1 saturated heterocycles. The van der Waals surface area contributed by atoms with Gasteiger partial charge < -0.3 is 15.4 Å². The Labute approximate surface area is 232 Å². The smallest absolute Gasteiger partial charge is 0.329 e. The number of nitrogens with zero attached hydrogens (tertiary/aromatic N) is 1. The predicted octanol–water partition coefficient (Wildman–Crippen LogP) is 6.85. The van der Waals surface area contributed by atoms with Crippen molar-refractivity contribution in [2.75, 3.05) is 6.54 Å². The van der Waals surface area contributed by atoms with E-state index in [2.05, 4.69) is 38.7 Å². The lowest BCUT2D eigenvalue weighted by molar-refractivity contribution is -0.161. The van der Waals surface area contributed by atoms with E-state index in [0.29, 0.717) is 25.8 Å². The van der Waals surface area contributed by atoms with Crippen molar-refractivity contribution in [1.82, 2.24) is 4.90 Å². The molecule has 3 unspecified atom stereocenters. The van der Waals surface area contributed by atoms with Gasteiger partial charge >= 0.3 is 5.97 Å². The summed E-state index contributed by atoms with van der Waals surface area (Å²) in [6, 6.07) is -0.693. The number of primary amides is 1. The van der Waals surface area contributed by atoms with Gasteiger partial charge in [0, 0.05) is 12.5 Å². The van der Waals surface area contributed by atoms with Crippen molar-refractivity contribution in [3.8, 4) is 11.8 Å². The van der Waals surface area contributed by atoms with Crippen LogP contribution in [0.25, 0.3) is 0 Å². The standard InChI is InChI=1S/C32H54N2O4/c1-5-6-7-8-9-10-11-12-13-14-15-16-22-29(31(33)36)38-32(37)28-21-18-25-34(28)30(35)24-23-27(4)20-17-19-26(2)3/h19,27-29H,5-18,20-22,25H2,1-4H3,(H2,33,36). The highest BCUT2D eigenvalue weighted by atomic mass is 16.5. The maximum Gasteiger partial charge on any atom is 0.329 e. The number of nitrogens with two attached hydrogens (primary N) is 1. The third-order valence-electron chi connectivity index (χ3n) is 7.26. The van der Waals surface area contributed by atoms with E-state index in [9.17, 15) is 14.4 Å². The van der Waals surface area contributed by atoms with Crippen LogP contribution in [0.5, 0.6) is 0 Å². The summed E-state index contributed by atoms with van der Waals surface area (Å²) in [6.07, 6.45) is 19.4. The molecule has 216 valence electrons. The topological polar surface area (TPSA) is 89.7 Å². The number of allylic oxidation sites excluding steroid dienone is 2. The number of hydrogen-bond donors (Lipinski definition) is 1. The van der Waals surface area contributed by atoms with Crippen molar-refractivity contribution in [2.45, 2.75) is 149 Å². The molecule has 3 atom stereocenters. The second kappa shape index (κ2) is 20.6. The monoisotopic (exact) mass is 530 g/mol. The summed E-state index contributed by atoms with van der Waals surface area (Å²) in [4.78, 5) is 39.0. The molecule has 6 nitrogen and oxygen atoms in total. The Morgan fingerprint density at radius 1 is 0.947 bits per heavy atom. The molecule has 0 saturated carbocycles. The molecule has 0 bridgehead atoms. The van der Waals surface area contributed by atoms with E-state index < -0.39 is 24.0 Å². The van der Waals surface area contributed by atoms with Gasteiger partial charge in [-0.25, -0.2) is 4.79 Å². The van der Waals surface area contributed by atoms with Gasteiger partial charge in [0.1, 0.15) is 6.04 Å². The second-order valence-corrected chi connectivity index (χ2v) is 11.2. The summed E-state index contributed by atoms with van der Waals surface area (Å²) >= 11 is 0. The fraction of sp³-hybridized carbons (Fsp3) is 0.781. The summed E-state index contributed by atoms with van der Waals surface area (Å²) in [5.74, 6) is 4.31. The van der Waals surface area contributed by atoms with E-state index in [1.54, 1.807) is 0 Å². The minimum atomic E-state index is -0.940. The quantitative estimate of drug-likeness (QED) is 0.0855. The summed E-state index contributed by atoms with van der Waals surface area (Å²) < 4.78 is 5.52. The number of rotatable bonds is 19. The lowest BCUT2D eigenvalue weighted by atomic mass is 10.0. The van der Waals surface area contributed by atoms with Crippen LogP contribution in [0.2, 0.25) is 0 Å². The lowest BCUT2D eigenvalue weighted by Crippen LogP contribution is -2.44. The number of likely N-dealkylation sites (tertiary alicyclic amines) is 1. The van der Waals surface area contributed by atoms with Gasteiger partial charge in [-0.2, -0.15) is 0 Å². The van der Waals surface area contributed by atoms with Crippen LogP contribution >= 0.6 is 0 Å².